The lowest BCUT2D eigenvalue weighted by Crippen LogP contribution is -2.13. The number of aryl methyl sites for hydroxylation is 2. The number of hydrogen-bond donors (Lipinski definition) is 0. The fourth-order valence-electron chi connectivity index (χ4n) is 3.40. The second-order valence-corrected chi connectivity index (χ2v) is 7.01. The van der Waals surface area contributed by atoms with Crippen molar-refractivity contribution >= 4 is 27.8 Å². The third-order valence-corrected chi connectivity index (χ3v) is 4.75. The van der Waals surface area contributed by atoms with Gasteiger partial charge in [0.1, 0.15) is 16.7 Å². The highest BCUT2D eigenvalue weighted by Gasteiger charge is 2.42. The van der Waals surface area contributed by atoms with E-state index in [-0.39, 0.29) is 23.1 Å². The molecule has 4 rings (SSSR count). The highest BCUT2D eigenvalue weighted by atomic mass is 19.4. The topological polar surface area (TPSA) is 70.2 Å². The van der Waals surface area contributed by atoms with Crippen LogP contribution in [-0.4, -0.2) is 27.3 Å². The molecule has 0 saturated carbocycles. The summed E-state index contributed by atoms with van der Waals surface area (Å²) < 4.78 is 53.4. The SMILES string of the molecule is CCOC(=O)c1oc2cc(C)c3cn(Cc4ccc(C)cn4)nc3c2c1C(F)(F)F. The molecule has 156 valence electrons. The van der Waals surface area contributed by atoms with Crippen LogP contribution in [0.5, 0.6) is 0 Å². The van der Waals surface area contributed by atoms with E-state index in [0.29, 0.717) is 17.5 Å². The second kappa shape index (κ2) is 7.16. The summed E-state index contributed by atoms with van der Waals surface area (Å²) >= 11 is 0. The summed E-state index contributed by atoms with van der Waals surface area (Å²) in [5, 5.41) is 4.67. The first-order valence-corrected chi connectivity index (χ1v) is 9.28. The third-order valence-electron chi connectivity index (χ3n) is 4.75. The van der Waals surface area contributed by atoms with E-state index in [4.69, 9.17) is 9.15 Å². The molecule has 0 amide bonds. The molecule has 9 heteroatoms. The van der Waals surface area contributed by atoms with E-state index in [1.807, 2.05) is 19.1 Å². The summed E-state index contributed by atoms with van der Waals surface area (Å²) in [7, 11) is 0. The molecule has 4 aromatic rings. The average Bonchev–Trinajstić information content (AvgIpc) is 3.25. The van der Waals surface area contributed by atoms with Gasteiger partial charge >= 0.3 is 12.1 Å². The van der Waals surface area contributed by atoms with E-state index in [2.05, 4.69) is 10.1 Å². The normalized spacial score (nSPS) is 12.1. The van der Waals surface area contributed by atoms with Crippen LogP contribution in [0.1, 0.15) is 39.9 Å². The van der Waals surface area contributed by atoms with Crippen molar-refractivity contribution in [2.45, 2.75) is 33.5 Å². The van der Waals surface area contributed by atoms with Gasteiger partial charge in [0, 0.05) is 17.8 Å². The van der Waals surface area contributed by atoms with E-state index < -0.39 is 23.5 Å². The minimum Gasteiger partial charge on any atom is -0.460 e. The van der Waals surface area contributed by atoms with Gasteiger partial charge in [-0.2, -0.15) is 18.3 Å². The van der Waals surface area contributed by atoms with Gasteiger partial charge in [0.25, 0.3) is 0 Å². The predicted octanol–water partition coefficient (Wildman–Crippen LogP) is 5.04. The van der Waals surface area contributed by atoms with Crippen molar-refractivity contribution in [3.63, 3.8) is 0 Å². The van der Waals surface area contributed by atoms with Gasteiger partial charge < -0.3 is 9.15 Å². The van der Waals surface area contributed by atoms with Crippen LogP contribution in [0, 0.1) is 13.8 Å². The molecule has 0 fully saturated rings. The predicted molar refractivity (Wildman–Crippen MR) is 103 cm³/mol. The number of rotatable bonds is 4. The van der Waals surface area contributed by atoms with Gasteiger partial charge in [-0.05, 0) is 44.0 Å². The van der Waals surface area contributed by atoms with Gasteiger partial charge in [0.2, 0.25) is 5.76 Å². The lowest BCUT2D eigenvalue weighted by Gasteiger charge is -2.07. The Labute approximate surface area is 169 Å². The lowest BCUT2D eigenvalue weighted by atomic mass is 10.0. The van der Waals surface area contributed by atoms with Crippen LogP contribution in [0.3, 0.4) is 0 Å². The first-order chi connectivity index (χ1) is 14.2. The van der Waals surface area contributed by atoms with Crippen molar-refractivity contribution in [1.29, 1.82) is 0 Å². The molecular weight excluding hydrogens is 399 g/mol. The summed E-state index contributed by atoms with van der Waals surface area (Å²) in [6.07, 6.45) is -1.44. The maximum Gasteiger partial charge on any atom is 0.421 e. The van der Waals surface area contributed by atoms with Crippen LogP contribution >= 0.6 is 0 Å². The van der Waals surface area contributed by atoms with Crippen LogP contribution in [0.15, 0.2) is 35.0 Å². The molecule has 3 aromatic heterocycles. The number of benzene rings is 1. The number of ether oxygens (including phenoxy) is 1. The Morgan fingerprint density at radius 3 is 2.67 bits per heavy atom. The highest BCUT2D eigenvalue weighted by molar-refractivity contribution is 6.10. The van der Waals surface area contributed by atoms with Gasteiger partial charge in [0.15, 0.2) is 0 Å². The Bertz CT molecular complexity index is 1250. The molecule has 0 aliphatic rings. The third kappa shape index (κ3) is 3.40. The number of esters is 1. The van der Waals surface area contributed by atoms with Gasteiger partial charge in [-0.25, -0.2) is 4.79 Å². The Morgan fingerprint density at radius 2 is 2.03 bits per heavy atom. The molecule has 0 atom stereocenters. The molecule has 3 heterocycles. The first kappa shape index (κ1) is 19.9. The monoisotopic (exact) mass is 417 g/mol. The van der Waals surface area contributed by atoms with Crippen LogP contribution < -0.4 is 0 Å². The summed E-state index contributed by atoms with van der Waals surface area (Å²) in [6, 6.07) is 5.21. The van der Waals surface area contributed by atoms with Crippen molar-refractivity contribution in [3.8, 4) is 0 Å². The van der Waals surface area contributed by atoms with Crippen molar-refractivity contribution in [2.24, 2.45) is 0 Å². The number of carbonyl (C=O) groups excluding carboxylic acids is 1. The van der Waals surface area contributed by atoms with Gasteiger partial charge in [-0.15, -0.1) is 0 Å². The molecule has 0 radical (unpaired) electrons. The molecule has 30 heavy (non-hydrogen) atoms. The summed E-state index contributed by atoms with van der Waals surface area (Å²) in [6.45, 7) is 5.39. The zero-order valence-corrected chi connectivity index (χ0v) is 16.5. The molecule has 0 saturated heterocycles. The van der Waals surface area contributed by atoms with E-state index >= 15 is 0 Å². The zero-order chi connectivity index (χ0) is 21.6. The van der Waals surface area contributed by atoms with Crippen LogP contribution in [0.25, 0.3) is 21.9 Å². The number of alkyl halides is 3. The number of carbonyl (C=O) groups is 1. The molecule has 6 nitrogen and oxygen atoms in total. The Hall–Kier alpha value is -3.36. The van der Waals surface area contributed by atoms with Crippen molar-refractivity contribution < 1.29 is 27.1 Å². The second-order valence-electron chi connectivity index (χ2n) is 7.01. The maximum absolute atomic E-state index is 13.9. The van der Waals surface area contributed by atoms with E-state index in [1.54, 1.807) is 19.3 Å². The quantitative estimate of drug-likeness (QED) is 0.435. The van der Waals surface area contributed by atoms with Gasteiger partial charge in [-0.3, -0.25) is 9.67 Å². The lowest BCUT2D eigenvalue weighted by molar-refractivity contribution is -0.137. The summed E-state index contributed by atoms with van der Waals surface area (Å²) in [5.74, 6) is -2.02. The fraction of sp³-hybridized carbons (Fsp3) is 0.286. The summed E-state index contributed by atoms with van der Waals surface area (Å²) in [5.41, 5.74) is 1.29. The van der Waals surface area contributed by atoms with Crippen molar-refractivity contribution in [1.82, 2.24) is 14.8 Å². The Balaban J connectivity index is 1.94. The zero-order valence-electron chi connectivity index (χ0n) is 16.5. The molecule has 0 aliphatic heterocycles. The molecule has 0 unspecified atom stereocenters. The van der Waals surface area contributed by atoms with Gasteiger partial charge in [-0.1, -0.05) is 6.07 Å². The molecule has 0 bridgehead atoms. The average molecular weight is 417 g/mol. The fourth-order valence-corrected chi connectivity index (χ4v) is 3.40. The summed E-state index contributed by atoms with van der Waals surface area (Å²) in [4.78, 5) is 16.4. The van der Waals surface area contributed by atoms with Crippen molar-refractivity contribution in [2.75, 3.05) is 6.61 Å². The Kier molecular flexibility index (Phi) is 4.76. The number of halogens is 3. The largest absolute Gasteiger partial charge is 0.460 e. The first-order valence-electron chi connectivity index (χ1n) is 9.28. The van der Waals surface area contributed by atoms with Gasteiger partial charge in [0.05, 0.1) is 24.2 Å². The van der Waals surface area contributed by atoms with E-state index in [1.165, 1.54) is 17.7 Å². The number of furan rings is 1. The number of nitrogens with zero attached hydrogens (tertiary/aromatic N) is 3. The smallest absolute Gasteiger partial charge is 0.421 e. The number of hydrogen-bond acceptors (Lipinski definition) is 5. The van der Waals surface area contributed by atoms with Crippen LogP contribution in [0.2, 0.25) is 0 Å². The van der Waals surface area contributed by atoms with Crippen LogP contribution in [-0.2, 0) is 17.5 Å². The van der Waals surface area contributed by atoms with Crippen molar-refractivity contribution in [3.05, 3.63) is 58.7 Å². The van der Waals surface area contributed by atoms with E-state index in [9.17, 15) is 18.0 Å². The minimum atomic E-state index is -4.82. The molecule has 1 aromatic carbocycles. The molecule has 0 spiro atoms. The minimum absolute atomic E-state index is 0.0610. The number of pyridine rings is 1. The Morgan fingerprint density at radius 1 is 1.27 bits per heavy atom. The standard InChI is InChI=1S/C21H18F3N3O3/c1-4-29-20(28)19-17(21(22,23)24)16-15(30-19)7-12(3)14-10-27(26-18(14)16)9-13-6-5-11(2)8-25-13/h5-8,10H,4,9H2,1-3H3. The van der Waals surface area contributed by atoms with Crippen LogP contribution in [0.4, 0.5) is 13.2 Å². The molecule has 0 aliphatic carbocycles. The number of fused-ring (bicyclic) bond motifs is 3. The molecule has 0 N–H and O–H groups in total. The van der Waals surface area contributed by atoms with E-state index in [0.717, 1.165) is 11.3 Å². The number of aromatic nitrogens is 3. The maximum atomic E-state index is 13.9. The molecular formula is C21H18F3N3O3. The highest BCUT2D eigenvalue weighted by Crippen LogP contribution is 2.43.